The fourth-order valence-electron chi connectivity index (χ4n) is 2.36. The van der Waals surface area contributed by atoms with Crippen molar-refractivity contribution in [3.63, 3.8) is 0 Å². The highest BCUT2D eigenvalue weighted by Gasteiger charge is 2.38. The summed E-state index contributed by atoms with van der Waals surface area (Å²) in [6.07, 6.45) is 2.38. The third-order valence-corrected chi connectivity index (χ3v) is 3.52. The maximum Gasteiger partial charge on any atom is 0.410 e. The van der Waals surface area contributed by atoms with Crippen LogP contribution in [0.1, 0.15) is 33.6 Å². The number of amides is 1. The fourth-order valence-corrected chi connectivity index (χ4v) is 2.36. The van der Waals surface area contributed by atoms with Gasteiger partial charge in [0.1, 0.15) is 5.60 Å². The normalized spacial score (nSPS) is 22.0. The molecule has 0 spiro atoms. The standard InChI is InChI=1S/C14H26N2O3/c1-14(2,3)19-13(17)16-7-11(8-16)15-12(9-18-4)10-5-6-10/h10-12,15H,5-9H2,1-4H3. The first-order chi connectivity index (χ1) is 8.89. The number of hydrogen-bond donors (Lipinski definition) is 1. The molecule has 5 nitrogen and oxygen atoms in total. The van der Waals surface area contributed by atoms with Gasteiger partial charge >= 0.3 is 6.09 Å². The number of rotatable bonds is 5. The topological polar surface area (TPSA) is 50.8 Å². The van der Waals surface area contributed by atoms with Crippen molar-refractivity contribution in [2.24, 2.45) is 5.92 Å². The van der Waals surface area contributed by atoms with Gasteiger partial charge in [0.05, 0.1) is 6.61 Å². The maximum atomic E-state index is 11.8. The third-order valence-electron chi connectivity index (χ3n) is 3.52. The molecule has 1 saturated carbocycles. The van der Waals surface area contributed by atoms with Crippen LogP contribution in [0, 0.1) is 5.92 Å². The van der Waals surface area contributed by atoms with E-state index in [0.717, 1.165) is 25.6 Å². The van der Waals surface area contributed by atoms with Crippen molar-refractivity contribution in [1.82, 2.24) is 10.2 Å². The Morgan fingerprint density at radius 1 is 1.37 bits per heavy atom. The lowest BCUT2D eigenvalue weighted by atomic mass is 10.1. The molecule has 1 aliphatic heterocycles. The highest BCUT2D eigenvalue weighted by Crippen LogP contribution is 2.33. The second-order valence-corrected chi connectivity index (χ2v) is 6.65. The first-order valence-corrected chi connectivity index (χ1v) is 7.12. The number of likely N-dealkylation sites (tertiary alicyclic amines) is 1. The fraction of sp³-hybridized carbons (Fsp3) is 0.929. The largest absolute Gasteiger partial charge is 0.444 e. The molecule has 1 unspecified atom stereocenters. The predicted octanol–water partition coefficient (Wildman–Crippen LogP) is 1.62. The molecular weight excluding hydrogens is 244 g/mol. The van der Waals surface area contributed by atoms with Gasteiger partial charge in [0.2, 0.25) is 0 Å². The summed E-state index contributed by atoms with van der Waals surface area (Å²) in [5, 5.41) is 3.59. The Morgan fingerprint density at radius 2 is 2.00 bits per heavy atom. The molecule has 0 aromatic carbocycles. The molecule has 5 heteroatoms. The minimum Gasteiger partial charge on any atom is -0.444 e. The molecule has 110 valence electrons. The summed E-state index contributed by atoms with van der Waals surface area (Å²) in [5.41, 5.74) is -0.414. The van der Waals surface area contributed by atoms with Gasteiger partial charge < -0.3 is 19.7 Å². The van der Waals surface area contributed by atoms with E-state index in [9.17, 15) is 4.79 Å². The third kappa shape index (κ3) is 4.35. The van der Waals surface area contributed by atoms with E-state index in [1.807, 2.05) is 20.8 Å². The summed E-state index contributed by atoms with van der Waals surface area (Å²) in [6, 6.07) is 0.823. The van der Waals surface area contributed by atoms with Crippen molar-refractivity contribution >= 4 is 6.09 Å². The molecule has 2 aliphatic rings. The van der Waals surface area contributed by atoms with Crippen molar-refractivity contribution in [1.29, 1.82) is 0 Å². The van der Waals surface area contributed by atoms with Gasteiger partial charge in [0, 0.05) is 32.3 Å². The van der Waals surface area contributed by atoms with Crippen molar-refractivity contribution in [2.75, 3.05) is 26.8 Å². The Kier molecular flexibility index (Phi) is 4.36. The van der Waals surface area contributed by atoms with Crippen molar-refractivity contribution in [2.45, 2.75) is 51.3 Å². The van der Waals surface area contributed by atoms with E-state index in [2.05, 4.69) is 5.32 Å². The van der Waals surface area contributed by atoms with Crippen LogP contribution in [0.5, 0.6) is 0 Å². The van der Waals surface area contributed by atoms with E-state index < -0.39 is 5.60 Å². The zero-order valence-corrected chi connectivity index (χ0v) is 12.4. The van der Waals surface area contributed by atoms with E-state index in [1.165, 1.54) is 12.8 Å². The van der Waals surface area contributed by atoms with Crippen LogP contribution in [-0.4, -0.2) is 55.5 Å². The average Bonchev–Trinajstić information content (AvgIpc) is 3.01. The quantitative estimate of drug-likeness (QED) is 0.825. The average molecular weight is 270 g/mol. The van der Waals surface area contributed by atoms with E-state index >= 15 is 0 Å². The van der Waals surface area contributed by atoms with Crippen molar-refractivity contribution in [3.8, 4) is 0 Å². The second kappa shape index (κ2) is 5.67. The number of carbonyl (C=O) groups is 1. The lowest BCUT2D eigenvalue weighted by molar-refractivity contribution is 0.00243. The molecule has 0 aromatic heterocycles. The Morgan fingerprint density at radius 3 is 2.47 bits per heavy atom. The number of carbonyl (C=O) groups excluding carboxylic acids is 1. The Bertz CT molecular complexity index is 317. The molecule has 0 bridgehead atoms. The molecule has 1 amide bonds. The highest BCUT2D eigenvalue weighted by molar-refractivity contribution is 5.69. The SMILES string of the molecule is COCC(NC1CN(C(=O)OC(C)(C)C)C1)C1CC1. The minimum atomic E-state index is -0.414. The van der Waals surface area contributed by atoms with Crippen LogP contribution in [0.15, 0.2) is 0 Å². The number of methoxy groups -OCH3 is 1. The number of hydrogen-bond acceptors (Lipinski definition) is 4. The van der Waals surface area contributed by atoms with Crippen LogP contribution in [0.3, 0.4) is 0 Å². The molecule has 1 saturated heterocycles. The molecule has 1 N–H and O–H groups in total. The Balaban J connectivity index is 1.69. The summed E-state index contributed by atoms with van der Waals surface area (Å²) in [4.78, 5) is 13.5. The molecule has 0 radical (unpaired) electrons. The molecule has 2 fully saturated rings. The number of ether oxygens (including phenoxy) is 2. The monoisotopic (exact) mass is 270 g/mol. The Labute approximate surface area is 115 Å². The molecule has 1 heterocycles. The molecule has 0 aromatic rings. The first kappa shape index (κ1) is 14.6. The van der Waals surface area contributed by atoms with E-state index in [1.54, 1.807) is 12.0 Å². The smallest absolute Gasteiger partial charge is 0.410 e. The zero-order valence-electron chi connectivity index (χ0n) is 12.4. The first-order valence-electron chi connectivity index (χ1n) is 7.12. The highest BCUT2D eigenvalue weighted by atomic mass is 16.6. The number of nitrogens with one attached hydrogen (secondary N) is 1. The molecule has 19 heavy (non-hydrogen) atoms. The van der Waals surface area contributed by atoms with Gasteiger partial charge in [-0.15, -0.1) is 0 Å². The lowest BCUT2D eigenvalue weighted by Gasteiger charge is -2.41. The van der Waals surface area contributed by atoms with Crippen LogP contribution in [0.2, 0.25) is 0 Å². The maximum absolute atomic E-state index is 11.8. The van der Waals surface area contributed by atoms with E-state index in [-0.39, 0.29) is 6.09 Å². The van der Waals surface area contributed by atoms with Crippen LogP contribution < -0.4 is 5.32 Å². The van der Waals surface area contributed by atoms with Gasteiger partial charge in [-0.1, -0.05) is 0 Å². The van der Waals surface area contributed by atoms with Gasteiger partial charge in [-0.25, -0.2) is 4.79 Å². The lowest BCUT2D eigenvalue weighted by Crippen LogP contribution is -2.63. The minimum absolute atomic E-state index is 0.208. The van der Waals surface area contributed by atoms with Gasteiger partial charge in [-0.05, 0) is 39.5 Å². The zero-order chi connectivity index (χ0) is 14.0. The summed E-state index contributed by atoms with van der Waals surface area (Å²) in [6.45, 7) is 7.91. The van der Waals surface area contributed by atoms with Crippen LogP contribution >= 0.6 is 0 Å². The van der Waals surface area contributed by atoms with Crippen molar-refractivity contribution in [3.05, 3.63) is 0 Å². The molecule has 1 aliphatic carbocycles. The Hall–Kier alpha value is -0.810. The van der Waals surface area contributed by atoms with E-state index in [4.69, 9.17) is 9.47 Å². The van der Waals surface area contributed by atoms with Gasteiger partial charge in [-0.2, -0.15) is 0 Å². The molecule has 1 atom stereocenters. The van der Waals surface area contributed by atoms with Crippen LogP contribution in [-0.2, 0) is 9.47 Å². The van der Waals surface area contributed by atoms with Gasteiger partial charge in [-0.3, -0.25) is 0 Å². The van der Waals surface area contributed by atoms with Crippen molar-refractivity contribution < 1.29 is 14.3 Å². The van der Waals surface area contributed by atoms with Crippen LogP contribution in [0.4, 0.5) is 4.79 Å². The number of nitrogens with zero attached hydrogens (tertiary/aromatic N) is 1. The predicted molar refractivity (Wildman–Crippen MR) is 73.1 cm³/mol. The summed E-state index contributed by atoms with van der Waals surface area (Å²) in [7, 11) is 1.74. The second-order valence-electron chi connectivity index (χ2n) is 6.65. The van der Waals surface area contributed by atoms with Gasteiger partial charge in [0.15, 0.2) is 0 Å². The van der Waals surface area contributed by atoms with Gasteiger partial charge in [0.25, 0.3) is 0 Å². The molecule has 2 rings (SSSR count). The summed E-state index contributed by atoms with van der Waals surface area (Å²) >= 11 is 0. The summed E-state index contributed by atoms with van der Waals surface area (Å²) < 4.78 is 10.6. The summed E-state index contributed by atoms with van der Waals surface area (Å²) in [5.74, 6) is 0.760. The molecular formula is C14H26N2O3. The van der Waals surface area contributed by atoms with Crippen LogP contribution in [0.25, 0.3) is 0 Å². The van der Waals surface area contributed by atoms with E-state index in [0.29, 0.717) is 12.1 Å².